The fourth-order valence-corrected chi connectivity index (χ4v) is 2.74. The van der Waals surface area contributed by atoms with Crippen LogP contribution in [-0.4, -0.2) is 23.3 Å². The minimum atomic E-state index is -0.302. The van der Waals surface area contributed by atoms with Crippen molar-refractivity contribution in [3.63, 3.8) is 0 Å². The van der Waals surface area contributed by atoms with Crippen LogP contribution in [0.1, 0.15) is 35.3 Å². The standard InChI is InChI=1S/C21H21N3O2/c1-2-20(25)23-14-19(15-7-4-3-5-8-15)24-21(26)17-10-11-18-16(13-17)9-6-12-22-18/h3-13,19H,2,14H2,1H3,(H,23,25)(H,24,26). The summed E-state index contributed by atoms with van der Waals surface area (Å²) in [5, 5.41) is 6.79. The number of carbonyl (C=O) groups is 2. The minimum Gasteiger partial charge on any atom is -0.354 e. The molecule has 132 valence electrons. The van der Waals surface area contributed by atoms with Gasteiger partial charge in [-0.15, -0.1) is 0 Å². The van der Waals surface area contributed by atoms with E-state index in [2.05, 4.69) is 15.6 Å². The van der Waals surface area contributed by atoms with Gasteiger partial charge in [-0.05, 0) is 29.8 Å². The number of carbonyl (C=O) groups excluding carboxylic acids is 2. The lowest BCUT2D eigenvalue weighted by molar-refractivity contribution is -0.120. The van der Waals surface area contributed by atoms with E-state index in [-0.39, 0.29) is 17.9 Å². The Bertz CT molecular complexity index is 909. The van der Waals surface area contributed by atoms with Crippen molar-refractivity contribution < 1.29 is 9.59 Å². The molecule has 2 amide bonds. The van der Waals surface area contributed by atoms with Gasteiger partial charge in [0.2, 0.25) is 5.91 Å². The van der Waals surface area contributed by atoms with E-state index in [1.807, 2.05) is 54.6 Å². The van der Waals surface area contributed by atoms with E-state index in [0.717, 1.165) is 16.5 Å². The zero-order valence-electron chi connectivity index (χ0n) is 14.6. The Morgan fingerprint density at radius 1 is 1.04 bits per heavy atom. The number of pyridine rings is 1. The molecule has 0 saturated carbocycles. The summed E-state index contributed by atoms with van der Waals surface area (Å²) in [5.74, 6) is -0.229. The first-order valence-electron chi connectivity index (χ1n) is 8.64. The third-order valence-corrected chi connectivity index (χ3v) is 4.20. The van der Waals surface area contributed by atoms with E-state index < -0.39 is 0 Å². The molecule has 0 radical (unpaired) electrons. The molecule has 1 heterocycles. The summed E-state index contributed by atoms with van der Waals surface area (Å²) in [4.78, 5) is 28.6. The zero-order valence-corrected chi connectivity index (χ0v) is 14.6. The lowest BCUT2D eigenvalue weighted by atomic mass is 10.1. The van der Waals surface area contributed by atoms with Gasteiger partial charge in [0.15, 0.2) is 0 Å². The molecule has 0 saturated heterocycles. The zero-order chi connectivity index (χ0) is 18.4. The number of hydrogen-bond acceptors (Lipinski definition) is 3. The number of fused-ring (bicyclic) bond motifs is 1. The van der Waals surface area contributed by atoms with E-state index in [9.17, 15) is 9.59 Å². The van der Waals surface area contributed by atoms with Crippen LogP contribution in [0.2, 0.25) is 0 Å². The number of nitrogens with one attached hydrogen (secondary N) is 2. The molecular formula is C21H21N3O2. The van der Waals surface area contributed by atoms with E-state index in [1.54, 1.807) is 19.2 Å². The van der Waals surface area contributed by atoms with Gasteiger partial charge in [-0.3, -0.25) is 14.6 Å². The predicted molar refractivity (Wildman–Crippen MR) is 102 cm³/mol. The summed E-state index contributed by atoms with van der Waals surface area (Å²) in [6, 6.07) is 18.5. The smallest absolute Gasteiger partial charge is 0.251 e. The van der Waals surface area contributed by atoms with Crippen LogP contribution in [0.5, 0.6) is 0 Å². The molecule has 2 N–H and O–H groups in total. The Morgan fingerprint density at radius 2 is 1.85 bits per heavy atom. The van der Waals surface area contributed by atoms with Crippen molar-refractivity contribution in [1.29, 1.82) is 0 Å². The molecule has 1 unspecified atom stereocenters. The molecule has 3 aromatic rings. The fourth-order valence-electron chi connectivity index (χ4n) is 2.74. The maximum Gasteiger partial charge on any atom is 0.251 e. The number of nitrogens with zero attached hydrogens (tertiary/aromatic N) is 1. The predicted octanol–water partition coefficient (Wildman–Crippen LogP) is 3.23. The summed E-state index contributed by atoms with van der Waals surface area (Å²) >= 11 is 0. The highest BCUT2D eigenvalue weighted by Gasteiger charge is 2.16. The summed E-state index contributed by atoms with van der Waals surface area (Å²) in [7, 11) is 0. The molecule has 0 fully saturated rings. The van der Waals surface area contributed by atoms with Crippen LogP contribution in [0.25, 0.3) is 10.9 Å². The Hall–Kier alpha value is -3.21. The Balaban J connectivity index is 1.80. The number of hydrogen-bond donors (Lipinski definition) is 2. The largest absolute Gasteiger partial charge is 0.354 e. The Labute approximate surface area is 152 Å². The quantitative estimate of drug-likeness (QED) is 0.719. The van der Waals surface area contributed by atoms with Gasteiger partial charge in [-0.2, -0.15) is 0 Å². The van der Waals surface area contributed by atoms with Gasteiger partial charge in [-0.25, -0.2) is 0 Å². The van der Waals surface area contributed by atoms with Gasteiger partial charge in [-0.1, -0.05) is 43.3 Å². The molecule has 26 heavy (non-hydrogen) atoms. The van der Waals surface area contributed by atoms with Gasteiger partial charge in [0.25, 0.3) is 5.91 Å². The molecule has 0 bridgehead atoms. The van der Waals surface area contributed by atoms with E-state index >= 15 is 0 Å². The number of benzene rings is 2. The highest BCUT2D eigenvalue weighted by molar-refractivity contribution is 5.98. The van der Waals surface area contributed by atoms with Gasteiger partial charge in [0.1, 0.15) is 0 Å². The molecule has 2 aromatic carbocycles. The molecule has 0 spiro atoms. The molecule has 0 aliphatic carbocycles. The van der Waals surface area contributed by atoms with Crippen LogP contribution in [0, 0.1) is 0 Å². The Morgan fingerprint density at radius 3 is 2.62 bits per heavy atom. The second kappa shape index (κ2) is 8.25. The van der Waals surface area contributed by atoms with Crippen molar-refractivity contribution in [2.75, 3.05) is 6.54 Å². The molecule has 1 atom stereocenters. The third-order valence-electron chi connectivity index (χ3n) is 4.20. The normalized spacial score (nSPS) is 11.7. The van der Waals surface area contributed by atoms with Crippen LogP contribution in [0.4, 0.5) is 0 Å². The van der Waals surface area contributed by atoms with Crippen LogP contribution >= 0.6 is 0 Å². The molecule has 1 aromatic heterocycles. The van der Waals surface area contributed by atoms with Crippen LogP contribution in [0.15, 0.2) is 66.9 Å². The number of amides is 2. The summed E-state index contributed by atoms with van der Waals surface area (Å²) in [6.07, 6.45) is 2.14. The lowest BCUT2D eigenvalue weighted by Gasteiger charge is -2.20. The Kier molecular flexibility index (Phi) is 5.59. The first kappa shape index (κ1) is 17.6. The topological polar surface area (TPSA) is 71.1 Å². The average Bonchev–Trinajstić information content (AvgIpc) is 2.70. The van der Waals surface area contributed by atoms with Crippen LogP contribution in [-0.2, 0) is 4.79 Å². The molecule has 0 aliphatic rings. The van der Waals surface area contributed by atoms with Crippen LogP contribution in [0.3, 0.4) is 0 Å². The maximum absolute atomic E-state index is 12.7. The van der Waals surface area contributed by atoms with Crippen molar-refractivity contribution >= 4 is 22.7 Å². The average molecular weight is 347 g/mol. The fraction of sp³-hybridized carbons (Fsp3) is 0.190. The van der Waals surface area contributed by atoms with Crippen LogP contribution < -0.4 is 10.6 Å². The van der Waals surface area contributed by atoms with Gasteiger partial charge in [0.05, 0.1) is 11.6 Å². The second-order valence-corrected chi connectivity index (χ2v) is 6.01. The molecule has 5 nitrogen and oxygen atoms in total. The van der Waals surface area contributed by atoms with Crippen molar-refractivity contribution in [3.05, 3.63) is 78.0 Å². The van der Waals surface area contributed by atoms with Gasteiger partial charge >= 0.3 is 0 Å². The summed E-state index contributed by atoms with van der Waals surface area (Å²) < 4.78 is 0. The first-order chi connectivity index (χ1) is 12.7. The van der Waals surface area contributed by atoms with Crippen molar-refractivity contribution in [2.24, 2.45) is 0 Å². The second-order valence-electron chi connectivity index (χ2n) is 6.01. The van der Waals surface area contributed by atoms with Crippen molar-refractivity contribution in [1.82, 2.24) is 15.6 Å². The number of aromatic nitrogens is 1. The first-order valence-corrected chi connectivity index (χ1v) is 8.64. The van der Waals surface area contributed by atoms with Crippen molar-refractivity contribution in [2.45, 2.75) is 19.4 Å². The van der Waals surface area contributed by atoms with Gasteiger partial charge < -0.3 is 10.6 Å². The monoisotopic (exact) mass is 347 g/mol. The number of rotatable bonds is 6. The maximum atomic E-state index is 12.7. The highest BCUT2D eigenvalue weighted by Crippen LogP contribution is 2.16. The van der Waals surface area contributed by atoms with Gasteiger partial charge in [0, 0.05) is 30.1 Å². The van der Waals surface area contributed by atoms with E-state index in [1.165, 1.54) is 0 Å². The van der Waals surface area contributed by atoms with Crippen molar-refractivity contribution in [3.8, 4) is 0 Å². The molecular weight excluding hydrogens is 326 g/mol. The molecule has 3 rings (SSSR count). The van der Waals surface area contributed by atoms with E-state index in [4.69, 9.17) is 0 Å². The molecule has 0 aliphatic heterocycles. The lowest BCUT2D eigenvalue weighted by Crippen LogP contribution is -2.37. The third kappa shape index (κ3) is 4.25. The summed E-state index contributed by atoms with van der Waals surface area (Å²) in [6.45, 7) is 2.14. The minimum absolute atomic E-state index is 0.0445. The molecule has 5 heteroatoms. The summed E-state index contributed by atoms with van der Waals surface area (Å²) in [5.41, 5.74) is 2.35. The van der Waals surface area contributed by atoms with E-state index in [0.29, 0.717) is 18.5 Å². The highest BCUT2D eigenvalue weighted by atomic mass is 16.2. The SMILES string of the molecule is CCC(=O)NCC(NC(=O)c1ccc2ncccc2c1)c1ccccc1.